The summed E-state index contributed by atoms with van der Waals surface area (Å²) in [7, 11) is 0. The maximum atomic E-state index is 12.6. The number of likely N-dealkylation sites (N-methyl/N-ethyl adjacent to an activating group) is 1. The van der Waals surface area contributed by atoms with Crippen LogP contribution in [0.4, 0.5) is 10.5 Å². The minimum absolute atomic E-state index is 0.0581. The molecule has 1 aromatic rings. The molecule has 0 saturated heterocycles. The summed E-state index contributed by atoms with van der Waals surface area (Å²) in [5.74, 6) is -1.71. The third-order valence-corrected chi connectivity index (χ3v) is 4.81. The summed E-state index contributed by atoms with van der Waals surface area (Å²) >= 11 is 0. The molecule has 0 spiro atoms. The number of carbonyl (C=O) groups excluding carboxylic acids is 2. The van der Waals surface area contributed by atoms with Crippen LogP contribution >= 0.6 is 0 Å². The maximum absolute atomic E-state index is 12.6. The Labute approximate surface area is 172 Å². The second-order valence-corrected chi connectivity index (χ2v) is 7.05. The topological polar surface area (TPSA) is 128 Å². The maximum Gasteiger partial charge on any atom is 0.513 e. The quantitative estimate of drug-likeness (QED) is 0.436. The number of rotatable bonds is 5. The molecule has 10 nitrogen and oxygen atoms in total. The number of allylic oxidation sites excluding steroid dienone is 2. The van der Waals surface area contributed by atoms with Crippen molar-refractivity contribution in [3.8, 4) is 0 Å². The lowest BCUT2D eigenvalue weighted by Gasteiger charge is -2.35. The fourth-order valence-electron chi connectivity index (χ4n) is 3.64. The van der Waals surface area contributed by atoms with Crippen molar-refractivity contribution >= 4 is 17.8 Å². The highest BCUT2D eigenvalue weighted by Gasteiger charge is 2.47. The van der Waals surface area contributed by atoms with Crippen molar-refractivity contribution in [3.05, 3.63) is 62.7 Å². The zero-order chi connectivity index (χ0) is 22.2. The van der Waals surface area contributed by atoms with Gasteiger partial charge in [0, 0.05) is 18.7 Å². The molecule has 2 heterocycles. The van der Waals surface area contributed by atoms with Crippen molar-refractivity contribution in [2.75, 3.05) is 6.54 Å². The van der Waals surface area contributed by atoms with Crippen LogP contribution in [0.3, 0.4) is 0 Å². The lowest BCUT2D eigenvalue weighted by molar-refractivity contribution is -0.384. The Morgan fingerprint density at radius 3 is 2.70 bits per heavy atom. The number of cyclic esters (lactones) is 1. The van der Waals surface area contributed by atoms with Crippen LogP contribution in [0.15, 0.2) is 47.0 Å². The highest BCUT2D eigenvalue weighted by molar-refractivity contribution is 5.95. The van der Waals surface area contributed by atoms with E-state index in [1.54, 1.807) is 38.7 Å². The smallest absolute Gasteiger partial charge is 0.431 e. The van der Waals surface area contributed by atoms with Crippen molar-refractivity contribution in [2.45, 2.75) is 46.0 Å². The van der Waals surface area contributed by atoms with Crippen LogP contribution in [0.1, 0.15) is 39.2 Å². The summed E-state index contributed by atoms with van der Waals surface area (Å²) in [5.41, 5.74) is 0.876. The van der Waals surface area contributed by atoms with E-state index in [2.05, 4.69) is 0 Å². The summed E-state index contributed by atoms with van der Waals surface area (Å²) in [5, 5.41) is 21.6. The van der Waals surface area contributed by atoms with Crippen molar-refractivity contribution in [1.82, 2.24) is 4.90 Å². The summed E-state index contributed by atoms with van der Waals surface area (Å²) in [6.07, 6.45) is -2.90. The number of aliphatic hydroxyl groups is 1. The van der Waals surface area contributed by atoms with Crippen molar-refractivity contribution in [2.24, 2.45) is 0 Å². The van der Waals surface area contributed by atoms with Gasteiger partial charge in [-0.3, -0.25) is 10.1 Å². The molecule has 160 valence electrons. The monoisotopic (exact) mass is 418 g/mol. The Morgan fingerprint density at radius 2 is 2.10 bits per heavy atom. The van der Waals surface area contributed by atoms with E-state index in [4.69, 9.17) is 14.2 Å². The summed E-state index contributed by atoms with van der Waals surface area (Å²) in [6.45, 7) is 7.12. The highest BCUT2D eigenvalue weighted by Crippen LogP contribution is 2.47. The molecular formula is C20H22N2O8. The number of nitro groups is 1. The third kappa shape index (κ3) is 3.73. The number of hydrogen-bond acceptors (Lipinski definition) is 9. The van der Waals surface area contributed by atoms with Gasteiger partial charge in [-0.2, -0.15) is 0 Å². The van der Waals surface area contributed by atoms with Gasteiger partial charge >= 0.3 is 12.1 Å². The number of esters is 1. The number of aliphatic hydroxyl groups excluding tert-OH is 1. The predicted molar refractivity (Wildman–Crippen MR) is 103 cm³/mol. The van der Waals surface area contributed by atoms with Gasteiger partial charge in [-0.05, 0) is 33.3 Å². The molecule has 2 aliphatic heterocycles. The van der Waals surface area contributed by atoms with E-state index in [1.807, 2.05) is 0 Å². The van der Waals surface area contributed by atoms with Crippen LogP contribution in [0.25, 0.3) is 0 Å². The molecule has 2 unspecified atom stereocenters. The van der Waals surface area contributed by atoms with Crippen LogP contribution in [-0.2, 0) is 19.0 Å². The first kappa shape index (κ1) is 21.3. The lowest BCUT2D eigenvalue weighted by Crippen LogP contribution is -2.34. The molecular weight excluding hydrogens is 396 g/mol. The molecule has 1 N–H and O–H groups in total. The van der Waals surface area contributed by atoms with Gasteiger partial charge in [0.05, 0.1) is 33.9 Å². The van der Waals surface area contributed by atoms with Crippen LogP contribution in [0, 0.1) is 10.1 Å². The summed E-state index contributed by atoms with van der Waals surface area (Å²) < 4.78 is 15.6. The molecule has 0 radical (unpaired) electrons. The number of nitro benzene ring substituents is 1. The molecule has 1 aromatic carbocycles. The molecule has 10 heteroatoms. The molecule has 2 atom stereocenters. The lowest BCUT2D eigenvalue weighted by atomic mass is 9.84. The zero-order valence-corrected chi connectivity index (χ0v) is 16.9. The van der Waals surface area contributed by atoms with Gasteiger partial charge in [0.1, 0.15) is 5.76 Å². The van der Waals surface area contributed by atoms with E-state index in [0.29, 0.717) is 17.8 Å². The average molecular weight is 418 g/mol. The Kier molecular flexibility index (Phi) is 5.79. The first-order valence-electron chi connectivity index (χ1n) is 9.39. The molecule has 2 aliphatic rings. The Balaban J connectivity index is 2.18. The first-order valence-corrected chi connectivity index (χ1v) is 9.39. The molecule has 30 heavy (non-hydrogen) atoms. The standard InChI is InChI=1S/C20H22N2O8/c1-5-21-11(4)17(29-20(25)28-10(2)3)14(15-16(21)19(24)30-18(15)23)12-7-6-8-13(9-12)22(26)27/h6-10,14,19,24H,5H2,1-4H3. The summed E-state index contributed by atoms with van der Waals surface area (Å²) in [6, 6.07) is 5.65. The number of hydrogen-bond donors (Lipinski definition) is 1. The van der Waals surface area contributed by atoms with Gasteiger partial charge in [-0.1, -0.05) is 12.1 Å². The van der Waals surface area contributed by atoms with Crippen molar-refractivity contribution < 1.29 is 33.8 Å². The number of nitrogens with zero attached hydrogens (tertiary/aromatic N) is 2. The first-order chi connectivity index (χ1) is 14.1. The molecule has 3 rings (SSSR count). The van der Waals surface area contributed by atoms with Crippen LogP contribution in [0.5, 0.6) is 0 Å². The molecule has 0 amide bonds. The van der Waals surface area contributed by atoms with E-state index >= 15 is 0 Å². The third-order valence-electron chi connectivity index (χ3n) is 4.81. The fraction of sp³-hybridized carbons (Fsp3) is 0.400. The van der Waals surface area contributed by atoms with Crippen LogP contribution in [0.2, 0.25) is 0 Å². The minimum Gasteiger partial charge on any atom is -0.431 e. The van der Waals surface area contributed by atoms with Gasteiger partial charge in [-0.15, -0.1) is 0 Å². The Morgan fingerprint density at radius 1 is 1.40 bits per heavy atom. The van der Waals surface area contributed by atoms with Crippen molar-refractivity contribution in [3.63, 3.8) is 0 Å². The number of carbonyl (C=O) groups is 2. The molecule has 0 saturated carbocycles. The largest absolute Gasteiger partial charge is 0.513 e. The van der Waals surface area contributed by atoms with Crippen LogP contribution in [-0.4, -0.2) is 46.0 Å². The van der Waals surface area contributed by atoms with Gasteiger partial charge in [0.15, 0.2) is 0 Å². The van der Waals surface area contributed by atoms with E-state index in [9.17, 15) is 24.8 Å². The van der Waals surface area contributed by atoms with Crippen LogP contribution < -0.4 is 0 Å². The average Bonchev–Trinajstić information content (AvgIpc) is 2.96. The van der Waals surface area contributed by atoms with Gasteiger partial charge < -0.3 is 24.2 Å². The molecule has 0 aliphatic carbocycles. The molecule has 0 bridgehead atoms. The fourth-order valence-corrected chi connectivity index (χ4v) is 3.64. The molecule has 0 fully saturated rings. The number of ether oxygens (including phenoxy) is 3. The predicted octanol–water partition coefficient (Wildman–Crippen LogP) is 2.94. The van der Waals surface area contributed by atoms with Gasteiger partial charge in [-0.25, -0.2) is 9.59 Å². The summed E-state index contributed by atoms with van der Waals surface area (Å²) in [4.78, 5) is 37.2. The van der Waals surface area contributed by atoms with E-state index in [-0.39, 0.29) is 22.7 Å². The number of benzene rings is 1. The molecule has 0 aromatic heterocycles. The minimum atomic E-state index is -1.49. The zero-order valence-electron chi connectivity index (χ0n) is 16.9. The van der Waals surface area contributed by atoms with E-state index < -0.39 is 35.4 Å². The second-order valence-electron chi connectivity index (χ2n) is 7.05. The van der Waals surface area contributed by atoms with Crippen molar-refractivity contribution in [1.29, 1.82) is 0 Å². The van der Waals surface area contributed by atoms with E-state index in [0.717, 1.165) is 0 Å². The number of non-ortho nitro benzene ring substituents is 1. The van der Waals surface area contributed by atoms with Gasteiger partial charge in [0.2, 0.25) is 6.29 Å². The van der Waals surface area contributed by atoms with E-state index in [1.165, 1.54) is 18.2 Å². The second kappa shape index (κ2) is 8.15. The normalized spacial score (nSPS) is 21.0. The Bertz CT molecular complexity index is 965. The Hall–Kier alpha value is -3.40. The highest BCUT2D eigenvalue weighted by atomic mass is 16.7. The van der Waals surface area contributed by atoms with Gasteiger partial charge in [0.25, 0.3) is 5.69 Å². The SMILES string of the molecule is CCN1C(C)=C(OC(=O)OC(C)C)C(c2cccc([N+](=O)[O-])c2)C2=C1C(O)OC2=O.